The van der Waals surface area contributed by atoms with E-state index in [1.807, 2.05) is 63.2 Å². The van der Waals surface area contributed by atoms with Gasteiger partial charge in [0.1, 0.15) is 23.9 Å². The summed E-state index contributed by atoms with van der Waals surface area (Å²) in [6, 6.07) is 16.2. The summed E-state index contributed by atoms with van der Waals surface area (Å²) in [5.74, 6) is 0.893. The Balaban J connectivity index is 1.99. The average Bonchev–Trinajstić information content (AvgIpc) is 2.73. The van der Waals surface area contributed by atoms with Gasteiger partial charge in [-0.15, -0.1) is 0 Å². The molecule has 156 valence electrons. The second-order valence-corrected chi connectivity index (χ2v) is 7.13. The van der Waals surface area contributed by atoms with E-state index in [4.69, 9.17) is 14.2 Å². The van der Waals surface area contributed by atoms with Crippen LogP contribution in [0.25, 0.3) is 11.3 Å². The summed E-state index contributed by atoms with van der Waals surface area (Å²) < 4.78 is 17.0. The van der Waals surface area contributed by atoms with Crippen LogP contribution in [0.4, 0.5) is 0 Å². The Morgan fingerprint density at radius 1 is 1.03 bits per heavy atom. The van der Waals surface area contributed by atoms with Crippen LogP contribution in [0.5, 0.6) is 17.2 Å². The molecule has 0 radical (unpaired) electrons. The van der Waals surface area contributed by atoms with E-state index in [0.29, 0.717) is 28.6 Å². The van der Waals surface area contributed by atoms with Crippen molar-refractivity contribution in [3.05, 3.63) is 71.4 Å². The van der Waals surface area contributed by atoms with Crippen LogP contribution in [-0.4, -0.2) is 29.3 Å². The first-order valence-electron chi connectivity index (χ1n) is 9.65. The van der Waals surface area contributed by atoms with Crippen LogP contribution in [-0.2, 0) is 6.61 Å². The van der Waals surface area contributed by atoms with E-state index in [1.54, 1.807) is 13.2 Å². The molecule has 0 aliphatic heterocycles. The van der Waals surface area contributed by atoms with Gasteiger partial charge in [-0.3, -0.25) is 0 Å². The van der Waals surface area contributed by atoms with Crippen molar-refractivity contribution >= 4 is 5.97 Å². The monoisotopic (exact) mass is 407 g/mol. The van der Waals surface area contributed by atoms with Gasteiger partial charge in [0.15, 0.2) is 0 Å². The van der Waals surface area contributed by atoms with Crippen LogP contribution < -0.4 is 14.2 Å². The lowest BCUT2D eigenvalue weighted by Crippen LogP contribution is -2.10. The highest BCUT2D eigenvalue weighted by Crippen LogP contribution is 2.34. The van der Waals surface area contributed by atoms with E-state index in [-0.39, 0.29) is 18.3 Å². The SMILES string of the molecule is COc1ccc(OC(C)C)c(-c2ccc(C(=O)O)c(COc3ccc(C)cc3)n2)c1. The number of hydrogen-bond donors (Lipinski definition) is 1. The molecule has 0 bridgehead atoms. The zero-order valence-corrected chi connectivity index (χ0v) is 17.5. The molecule has 0 amide bonds. The lowest BCUT2D eigenvalue weighted by Gasteiger charge is -2.16. The number of aromatic carboxylic acids is 1. The van der Waals surface area contributed by atoms with E-state index in [0.717, 1.165) is 11.1 Å². The van der Waals surface area contributed by atoms with Crippen molar-refractivity contribution in [1.29, 1.82) is 0 Å². The van der Waals surface area contributed by atoms with Crippen molar-refractivity contribution < 1.29 is 24.1 Å². The highest BCUT2D eigenvalue weighted by Gasteiger charge is 2.17. The molecule has 0 saturated carbocycles. The van der Waals surface area contributed by atoms with Gasteiger partial charge in [0, 0.05) is 5.56 Å². The first kappa shape index (κ1) is 21.2. The quantitative estimate of drug-likeness (QED) is 0.558. The third-order valence-corrected chi connectivity index (χ3v) is 4.43. The second-order valence-electron chi connectivity index (χ2n) is 7.13. The Labute approximate surface area is 176 Å². The maximum atomic E-state index is 11.7. The fourth-order valence-electron chi connectivity index (χ4n) is 2.94. The van der Waals surface area contributed by atoms with E-state index in [9.17, 15) is 9.90 Å². The molecule has 1 aromatic heterocycles. The summed E-state index contributed by atoms with van der Waals surface area (Å²) in [7, 11) is 1.59. The van der Waals surface area contributed by atoms with Gasteiger partial charge in [-0.05, 0) is 63.2 Å². The van der Waals surface area contributed by atoms with Gasteiger partial charge >= 0.3 is 5.97 Å². The molecular formula is C24H25NO5. The third kappa shape index (κ3) is 5.08. The third-order valence-electron chi connectivity index (χ3n) is 4.43. The highest BCUT2D eigenvalue weighted by molar-refractivity contribution is 5.89. The van der Waals surface area contributed by atoms with E-state index in [2.05, 4.69) is 4.98 Å². The Bertz CT molecular complexity index is 1030. The molecule has 0 saturated heterocycles. The van der Waals surface area contributed by atoms with Gasteiger partial charge < -0.3 is 19.3 Å². The van der Waals surface area contributed by atoms with Crippen molar-refractivity contribution in [2.24, 2.45) is 0 Å². The average molecular weight is 407 g/mol. The van der Waals surface area contributed by atoms with Gasteiger partial charge in [-0.2, -0.15) is 0 Å². The fourth-order valence-corrected chi connectivity index (χ4v) is 2.94. The number of aromatic nitrogens is 1. The van der Waals surface area contributed by atoms with Gasteiger partial charge in [0.2, 0.25) is 0 Å². The first-order valence-corrected chi connectivity index (χ1v) is 9.65. The fraction of sp³-hybridized carbons (Fsp3) is 0.250. The highest BCUT2D eigenvalue weighted by atomic mass is 16.5. The maximum absolute atomic E-state index is 11.7. The molecule has 0 aliphatic carbocycles. The molecule has 30 heavy (non-hydrogen) atoms. The topological polar surface area (TPSA) is 77.9 Å². The standard InChI is InChI=1S/C24H25NO5/c1-15(2)30-23-12-9-18(28-4)13-20(23)21-11-10-19(24(26)27)22(25-21)14-29-17-7-5-16(3)6-8-17/h5-13,15H,14H2,1-4H3,(H,26,27). The second kappa shape index (κ2) is 9.31. The summed E-state index contributed by atoms with van der Waals surface area (Å²) in [5, 5.41) is 9.58. The minimum atomic E-state index is -1.05. The number of aryl methyl sites for hydroxylation is 1. The number of carboxylic acids is 1. The number of benzene rings is 2. The smallest absolute Gasteiger partial charge is 0.337 e. The molecule has 1 N–H and O–H groups in total. The molecule has 3 aromatic rings. The first-order chi connectivity index (χ1) is 14.4. The number of hydrogen-bond acceptors (Lipinski definition) is 5. The Morgan fingerprint density at radius 3 is 2.37 bits per heavy atom. The molecular weight excluding hydrogens is 382 g/mol. The molecule has 0 unspecified atom stereocenters. The number of methoxy groups -OCH3 is 1. The Morgan fingerprint density at radius 2 is 1.73 bits per heavy atom. The van der Waals surface area contributed by atoms with Crippen LogP contribution in [0.1, 0.15) is 35.5 Å². The van der Waals surface area contributed by atoms with Crippen molar-refractivity contribution in [3.8, 4) is 28.5 Å². The van der Waals surface area contributed by atoms with Gasteiger partial charge in [0.25, 0.3) is 0 Å². The minimum absolute atomic E-state index is 0.0280. The molecule has 2 aromatic carbocycles. The van der Waals surface area contributed by atoms with Crippen LogP contribution in [0.15, 0.2) is 54.6 Å². The molecule has 0 aliphatic rings. The molecule has 6 heteroatoms. The molecule has 0 spiro atoms. The number of rotatable bonds is 8. The summed E-state index contributed by atoms with van der Waals surface area (Å²) in [5.41, 5.74) is 2.84. The minimum Gasteiger partial charge on any atom is -0.497 e. The summed E-state index contributed by atoms with van der Waals surface area (Å²) in [6.07, 6.45) is -0.0280. The lowest BCUT2D eigenvalue weighted by atomic mass is 10.1. The molecule has 3 rings (SSSR count). The predicted molar refractivity (Wildman–Crippen MR) is 114 cm³/mol. The summed E-state index contributed by atoms with van der Waals surface area (Å²) >= 11 is 0. The lowest BCUT2D eigenvalue weighted by molar-refractivity contribution is 0.0693. The zero-order valence-electron chi connectivity index (χ0n) is 17.5. The number of carboxylic acid groups (broad SMARTS) is 1. The van der Waals surface area contributed by atoms with Gasteiger partial charge in [-0.25, -0.2) is 9.78 Å². The number of ether oxygens (including phenoxy) is 3. The summed E-state index contributed by atoms with van der Waals surface area (Å²) in [6.45, 7) is 5.90. The van der Waals surface area contributed by atoms with Crippen molar-refractivity contribution in [3.63, 3.8) is 0 Å². The number of carbonyl (C=O) groups is 1. The van der Waals surface area contributed by atoms with E-state index < -0.39 is 5.97 Å². The maximum Gasteiger partial charge on any atom is 0.337 e. The van der Waals surface area contributed by atoms with Crippen molar-refractivity contribution in [2.45, 2.75) is 33.5 Å². The largest absolute Gasteiger partial charge is 0.497 e. The predicted octanol–water partition coefficient (Wildman–Crippen LogP) is 5.13. The van der Waals surface area contributed by atoms with Gasteiger partial charge in [0.05, 0.1) is 30.2 Å². The van der Waals surface area contributed by atoms with E-state index in [1.165, 1.54) is 6.07 Å². The van der Waals surface area contributed by atoms with Crippen LogP contribution >= 0.6 is 0 Å². The van der Waals surface area contributed by atoms with E-state index >= 15 is 0 Å². The molecule has 6 nitrogen and oxygen atoms in total. The van der Waals surface area contributed by atoms with Crippen LogP contribution in [0.2, 0.25) is 0 Å². The molecule has 0 atom stereocenters. The zero-order chi connectivity index (χ0) is 21.7. The number of pyridine rings is 1. The van der Waals surface area contributed by atoms with Crippen molar-refractivity contribution in [2.75, 3.05) is 7.11 Å². The molecule has 1 heterocycles. The Hall–Kier alpha value is -3.54. The van der Waals surface area contributed by atoms with Gasteiger partial charge in [-0.1, -0.05) is 17.7 Å². The van der Waals surface area contributed by atoms with Crippen LogP contribution in [0.3, 0.4) is 0 Å². The van der Waals surface area contributed by atoms with Crippen LogP contribution in [0, 0.1) is 6.92 Å². The summed E-state index contributed by atoms with van der Waals surface area (Å²) in [4.78, 5) is 16.3. The normalized spacial score (nSPS) is 10.7. The number of nitrogens with zero attached hydrogens (tertiary/aromatic N) is 1. The Kier molecular flexibility index (Phi) is 6.57. The van der Waals surface area contributed by atoms with Crippen molar-refractivity contribution in [1.82, 2.24) is 4.98 Å². The molecule has 0 fully saturated rings.